The number of hydrogen-bond donors (Lipinski definition) is 3. The molecule has 0 unspecified atom stereocenters. The minimum absolute atomic E-state index is 0.0473. The quantitative estimate of drug-likeness (QED) is 0.645. The minimum Gasteiger partial charge on any atom is -0.356 e. The smallest absolute Gasteiger partial charge is 0.243 e. The van der Waals surface area contributed by atoms with Crippen molar-refractivity contribution in [3.05, 3.63) is 0 Å². The zero-order valence-corrected chi connectivity index (χ0v) is 15.0. The Morgan fingerprint density at radius 2 is 1.88 bits per heavy atom. The summed E-state index contributed by atoms with van der Waals surface area (Å²) in [5, 5.41) is 8.36. The van der Waals surface area contributed by atoms with Crippen LogP contribution < -0.4 is 16.0 Å². The third-order valence-electron chi connectivity index (χ3n) is 5.03. The number of carbonyl (C=O) groups excluding carboxylic acids is 4. The fourth-order valence-corrected chi connectivity index (χ4v) is 3.69. The second-order valence-electron chi connectivity index (χ2n) is 7.59. The van der Waals surface area contributed by atoms with Crippen LogP contribution in [0.1, 0.15) is 52.4 Å². The van der Waals surface area contributed by atoms with E-state index in [-0.39, 0.29) is 35.5 Å². The molecule has 3 amide bonds. The van der Waals surface area contributed by atoms with E-state index in [0.717, 1.165) is 19.3 Å². The van der Waals surface area contributed by atoms with Gasteiger partial charge in [-0.2, -0.15) is 0 Å². The average molecular weight is 351 g/mol. The van der Waals surface area contributed by atoms with Crippen molar-refractivity contribution in [3.63, 3.8) is 0 Å². The Bertz CT molecular complexity index is 520. The predicted molar refractivity (Wildman–Crippen MR) is 92.5 cm³/mol. The average Bonchev–Trinajstić information content (AvgIpc) is 2.89. The van der Waals surface area contributed by atoms with E-state index < -0.39 is 12.1 Å². The molecule has 2 aliphatic heterocycles. The van der Waals surface area contributed by atoms with Gasteiger partial charge in [0.25, 0.3) is 0 Å². The van der Waals surface area contributed by atoms with Gasteiger partial charge < -0.3 is 20.7 Å². The van der Waals surface area contributed by atoms with Crippen LogP contribution in [0.5, 0.6) is 0 Å². The lowest BCUT2D eigenvalue weighted by atomic mass is 9.86. The molecule has 2 fully saturated rings. The van der Waals surface area contributed by atoms with Crippen LogP contribution in [-0.2, 0) is 19.2 Å². The number of fused-ring (bicyclic) bond motifs is 1. The van der Waals surface area contributed by atoms with Gasteiger partial charge in [-0.3, -0.25) is 14.4 Å². The molecule has 0 aromatic carbocycles. The first-order valence-corrected chi connectivity index (χ1v) is 9.23. The second-order valence-corrected chi connectivity index (χ2v) is 7.59. The van der Waals surface area contributed by atoms with Gasteiger partial charge in [-0.15, -0.1) is 0 Å². The topological polar surface area (TPSA) is 104 Å². The molecule has 2 saturated heterocycles. The van der Waals surface area contributed by atoms with Crippen molar-refractivity contribution in [2.24, 2.45) is 17.8 Å². The molecule has 0 saturated carbocycles. The lowest BCUT2D eigenvalue weighted by Gasteiger charge is -2.23. The van der Waals surface area contributed by atoms with Gasteiger partial charge in [-0.25, -0.2) is 0 Å². The number of aldehydes is 1. The normalized spacial score (nSPS) is 31.7. The lowest BCUT2D eigenvalue weighted by Crippen LogP contribution is -2.51. The van der Waals surface area contributed by atoms with Gasteiger partial charge in [0, 0.05) is 18.9 Å². The van der Waals surface area contributed by atoms with Gasteiger partial charge >= 0.3 is 0 Å². The van der Waals surface area contributed by atoms with Crippen LogP contribution in [0.25, 0.3) is 0 Å². The van der Waals surface area contributed by atoms with Crippen molar-refractivity contribution in [1.29, 1.82) is 0 Å². The molecular weight excluding hydrogens is 322 g/mol. The van der Waals surface area contributed by atoms with Crippen LogP contribution in [0, 0.1) is 17.8 Å². The van der Waals surface area contributed by atoms with Crippen molar-refractivity contribution in [3.8, 4) is 0 Å². The van der Waals surface area contributed by atoms with Gasteiger partial charge in [-0.1, -0.05) is 20.3 Å². The molecule has 7 nitrogen and oxygen atoms in total. The highest BCUT2D eigenvalue weighted by Crippen LogP contribution is 2.27. The maximum Gasteiger partial charge on any atom is 0.243 e. The summed E-state index contributed by atoms with van der Waals surface area (Å²) in [7, 11) is 0. The summed E-state index contributed by atoms with van der Waals surface area (Å²) in [5.74, 6) is -0.417. The molecule has 2 rings (SSSR count). The Morgan fingerprint density at radius 3 is 2.56 bits per heavy atom. The molecule has 0 spiro atoms. The molecule has 0 radical (unpaired) electrons. The van der Waals surface area contributed by atoms with Crippen LogP contribution in [0.15, 0.2) is 0 Å². The first-order valence-electron chi connectivity index (χ1n) is 9.23. The van der Waals surface area contributed by atoms with E-state index >= 15 is 0 Å². The highest BCUT2D eigenvalue weighted by molar-refractivity contribution is 5.89. The van der Waals surface area contributed by atoms with Gasteiger partial charge in [0.1, 0.15) is 12.3 Å². The number of nitrogens with one attached hydrogen (secondary N) is 3. The molecule has 0 bridgehead atoms. The van der Waals surface area contributed by atoms with E-state index in [1.165, 1.54) is 0 Å². The summed E-state index contributed by atoms with van der Waals surface area (Å²) in [6.07, 6.45) is 4.31. The van der Waals surface area contributed by atoms with Crippen LogP contribution in [0.2, 0.25) is 0 Å². The summed E-state index contributed by atoms with van der Waals surface area (Å²) in [6.45, 7) is 4.56. The number of rotatable bonds is 3. The molecule has 3 N–H and O–H groups in total. The Morgan fingerprint density at radius 1 is 1.12 bits per heavy atom. The van der Waals surface area contributed by atoms with E-state index in [1.807, 2.05) is 13.8 Å². The van der Waals surface area contributed by atoms with E-state index in [9.17, 15) is 19.2 Å². The molecule has 4 atom stereocenters. The summed E-state index contributed by atoms with van der Waals surface area (Å²) < 4.78 is 0. The van der Waals surface area contributed by atoms with Crippen LogP contribution in [0.4, 0.5) is 0 Å². The van der Waals surface area contributed by atoms with Crippen molar-refractivity contribution in [2.75, 3.05) is 6.54 Å². The van der Waals surface area contributed by atoms with Crippen molar-refractivity contribution < 1.29 is 19.2 Å². The fourth-order valence-electron chi connectivity index (χ4n) is 3.69. The first-order chi connectivity index (χ1) is 11.9. The van der Waals surface area contributed by atoms with Gasteiger partial charge in [0.15, 0.2) is 0 Å². The third kappa shape index (κ3) is 5.54. The lowest BCUT2D eigenvalue weighted by molar-refractivity contribution is -0.131. The van der Waals surface area contributed by atoms with Crippen LogP contribution in [-0.4, -0.2) is 42.6 Å². The van der Waals surface area contributed by atoms with E-state index in [4.69, 9.17) is 0 Å². The molecule has 25 heavy (non-hydrogen) atoms. The highest BCUT2D eigenvalue weighted by atomic mass is 16.2. The molecular formula is C18H29N3O4. The summed E-state index contributed by atoms with van der Waals surface area (Å²) in [5.41, 5.74) is 0. The SMILES string of the molecule is CC(C)C[C@@H]1NC(=O)CCCC[C@H]2CNC(=O)[C@H]2C[C@@H](C=O)NC1=O. The Labute approximate surface area is 148 Å². The number of hydrogen-bond acceptors (Lipinski definition) is 4. The van der Waals surface area contributed by atoms with Gasteiger partial charge in [0.05, 0.1) is 6.04 Å². The Hall–Kier alpha value is -1.92. The Balaban J connectivity index is 2.16. The van der Waals surface area contributed by atoms with Gasteiger partial charge in [0.2, 0.25) is 17.7 Å². The van der Waals surface area contributed by atoms with Crippen LogP contribution >= 0.6 is 0 Å². The highest BCUT2D eigenvalue weighted by Gasteiger charge is 2.36. The Kier molecular flexibility index (Phi) is 6.96. The number of amides is 3. The zero-order valence-electron chi connectivity index (χ0n) is 15.0. The van der Waals surface area contributed by atoms with Crippen molar-refractivity contribution in [2.45, 2.75) is 64.5 Å². The zero-order chi connectivity index (χ0) is 18.4. The molecule has 2 heterocycles. The molecule has 0 aromatic heterocycles. The molecule has 0 aromatic rings. The molecule has 140 valence electrons. The molecule has 7 heteroatoms. The van der Waals surface area contributed by atoms with Crippen LogP contribution in [0.3, 0.4) is 0 Å². The standard InChI is InChI=1S/C18H29N3O4/c1-11(2)7-15-18(25)20-13(10-22)8-14-12(9-19-17(14)24)5-3-4-6-16(23)21-15/h10-15H,3-9H2,1-2H3,(H,19,24)(H,20,25)(H,21,23)/t12-,13-,14-,15-/m0/s1. The maximum absolute atomic E-state index is 12.6. The monoisotopic (exact) mass is 351 g/mol. The van der Waals surface area contributed by atoms with Crippen molar-refractivity contribution in [1.82, 2.24) is 16.0 Å². The number of carbonyl (C=O) groups is 4. The van der Waals surface area contributed by atoms with E-state index in [1.54, 1.807) is 0 Å². The fraction of sp³-hybridized carbons (Fsp3) is 0.778. The van der Waals surface area contributed by atoms with E-state index in [2.05, 4.69) is 16.0 Å². The maximum atomic E-state index is 12.6. The summed E-state index contributed by atoms with van der Waals surface area (Å²) in [6, 6.07) is -1.36. The van der Waals surface area contributed by atoms with Gasteiger partial charge in [-0.05, 0) is 37.5 Å². The second kappa shape index (κ2) is 8.97. The third-order valence-corrected chi connectivity index (χ3v) is 5.03. The molecule has 0 aliphatic carbocycles. The van der Waals surface area contributed by atoms with E-state index in [0.29, 0.717) is 32.1 Å². The van der Waals surface area contributed by atoms with Crippen molar-refractivity contribution >= 4 is 24.0 Å². The summed E-state index contributed by atoms with van der Waals surface area (Å²) in [4.78, 5) is 48.2. The predicted octanol–water partition coefficient (Wildman–Crippen LogP) is 0.527. The molecule has 2 aliphatic rings. The minimum atomic E-state index is -0.712. The first kappa shape index (κ1) is 19.4. The summed E-state index contributed by atoms with van der Waals surface area (Å²) >= 11 is 0. The largest absolute Gasteiger partial charge is 0.356 e.